The van der Waals surface area contributed by atoms with Crippen LogP contribution in [0.25, 0.3) is 10.9 Å². The van der Waals surface area contributed by atoms with E-state index < -0.39 is 0 Å². The third-order valence-corrected chi connectivity index (χ3v) is 5.47. The minimum atomic E-state index is -0.0872. The highest BCUT2D eigenvalue weighted by Crippen LogP contribution is 2.26. The Kier molecular flexibility index (Phi) is 5.84. The molecule has 4 rings (SSSR count). The maximum atomic E-state index is 11.3. The van der Waals surface area contributed by atoms with Gasteiger partial charge in [-0.05, 0) is 42.8 Å². The number of nitrogens with zero attached hydrogens (tertiary/aromatic N) is 2. The van der Waals surface area contributed by atoms with Crippen molar-refractivity contribution < 1.29 is 4.74 Å². The van der Waals surface area contributed by atoms with Crippen molar-refractivity contribution in [3.05, 3.63) is 70.0 Å². The Morgan fingerprint density at radius 2 is 1.82 bits per heavy atom. The van der Waals surface area contributed by atoms with E-state index >= 15 is 0 Å². The van der Waals surface area contributed by atoms with Crippen molar-refractivity contribution >= 4 is 28.2 Å². The average molecular weight is 398 g/mol. The van der Waals surface area contributed by atoms with Crippen molar-refractivity contribution in [1.82, 2.24) is 9.88 Å². The molecule has 0 saturated carbocycles. The van der Waals surface area contributed by atoms with Gasteiger partial charge in [0.2, 0.25) is 5.56 Å². The number of hydrogen-bond acceptors (Lipinski definition) is 4. The number of hydrogen-bond donors (Lipinski definition) is 1. The molecule has 6 heteroatoms. The molecule has 28 heavy (non-hydrogen) atoms. The number of benzene rings is 2. The quantitative estimate of drug-likeness (QED) is 0.643. The van der Waals surface area contributed by atoms with E-state index in [0.717, 1.165) is 66.5 Å². The van der Waals surface area contributed by atoms with Gasteiger partial charge in [-0.1, -0.05) is 23.7 Å². The number of H-pyrrole nitrogens is 1. The monoisotopic (exact) mass is 397 g/mol. The van der Waals surface area contributed by atoms with E-state index in [1.807, 2.05) is 42.5 Å². The topological polar surface area (TPSA) is 48.6 Å². The summed E-state index contributed by atoms with van der Waals surface area (Å²) in [7, 11) is 0. The summed E-state index contributed by atoms with van der Waals surface area (Å²) >= 11 is 6.31. The number of para-hydroxylation sites is 1. The zero-order valence-corrected chi connectivity index (χ0v) is 16.5. The summed E-state index contributed by atoms with van der Waals surface area (Å²) in [6, 6.07) is 17.2. The molecular formula is C22H24ClN3O2. The zero-order valence-electron chi connectivity index (χ0n) is 15.7. The zero-order chi connectivity index (χ0) is 19.3. The van der Waals surface area contributed by atoms with E-state index in [1.54, 1.807) is 0 Å². The predicted molar refractivity (Wildman–Crippen MR) is 115 cm³/mol. The van der Waals surface area contributed by atoms with Gasteiger partial charge in [0.1, 0.15) is 5.75 Å². The highest BCUT2D eigenvalue weighted by atomic mass is 35.5. The fraction of sp³-hybridized carbons (Fsp3) is 0.318. The molecule has 1 aliphatic rings. The fourth-order valence-electron chi connectivity index (χ4n) is 3.62. The predicted octanol–water partition coefficient (Wildman–Crippen LogP) is 3.77. The number of aromatic amines is 1. The lowest BCUT2D eigenvalue weighted by molar-refractivity contribution is 0.225. The van der Waals surface area contributed by atoms with Crippen LogP contribution in [-0.4, -0.2) is 49.2 Å². The van der Waals surface area contributed by atoms with E-state index in [-0.39, 0.29) is 5.56 Å². The first kappa shape index (κ1) is 18.8. The molecule has 146 valence electrons. The molecule has 0 aliphatic carbocycles. The molecule has 2 heterocycles. The van der Waals surface area contributed by atoms with Crippen LogP contribution >= 0.6 is 11.6 Å². The number of piperazine rings is 1. The van der Waals surface area contributed by atoms with Gasteiger partial charge in [-0.15, -0.1) is 0 Å². The van der Waals surface area contributed by atoms with Crippen molar-refractivity contribution in [3.63, 3.8) is 0 Å². The largest absolute Gasteiger partial charge is 0.494 e. The van der Waals surface area contributed by atoms with Crippen LogP contribution < -0.4 is 15.2 Å². The number of rotatable bonds is 6. The SMILES string of the molecule is O=c1ccc2cc(OCCCN3CCN(c4ccccc4Cl)CC3)ccc2[nH]1. The van der Waals surface area contributed by atoms with E-state index in [4.69, 9.17) is 16.3 Å². The Bertz CT molecular complexity index is 996. The second kappa shape index (κ2) is 8.67. The maximum Gasteiger partial charge on any atom is 0.248 e. The molecule has 1 fully saturated rings. The minimum absolute atomic E-state index is 0.0872. The van der Waals surface area contributed by atoms with Crippen LogP contribution in [0.5, 0.6) is 5.75 Å². The second-order valence-corrected chi connectivity index (χ2v) is 7.46. The number of halogens is 1. The molecule has 0 unspecified atom stereocenters. The number of ether oxygens (including phenoxy) is 1. The Morgan fingerprint density at radius 3 is 2.64 bits per heavy atom. The van der Waals surface area contributed by atoms with Gasteiger partial charge in [0.05, 0.1) is 17.3 Å². The highest BCUT2D eigenvalue weighted by molar-refractivity contribution is 6.33. The third-order valence-electron chi connectivity index (χ3n) is 5.15. The lowest BCUT2D eigenvalue weighted by atomic mass is 10.2. The Hall–Kier alpha value is -2.50. The first-order valence-electron chi connectivity index (χ1n) is 9.67. The van der Waals surface area contributed by atoms with Crippen LogP contribution in [0.4, 0.5) is 5.69 Å². The van der Waals surface area contributed by atoms with Crippen molar-refractivity contribution in [3.8, 4) is 5.75 Å². The molecule has 0 amide bonds. The molecule has 3 aromatic rings. The molecule has 1 aromatic heterocycles. The number of nitrogens with one attached hydrogen (secondary N) is 1. The average Bonchev–Trinajstić information content (AvgIpc) is 2.72. The number of anilines is 1. The molecule has 5 nitrogen and oxygen atoms in total. The fourth-order valence-corrected chi connectivity index (χ4v) is 3.88. The summed E-state index contributed by atoms with van der Waals surface area (Å²) in [4.78, 5) is 19.0. The Labute approximate surface area is 169 Å². The van der Waals surface area contributed by atoms with E-state index in [2.05, 4.69) is 20.9 Å². The van der Waals surface area contributed by atoms with Crippen molar-refractivity contribution in [1.29, 1.82) is 0 Å². The molecule has 1 saturated heterocycles. The molecule has 1 N–H and O–H groups in total. The summed E-state index contributed by atoms with van der Waals surface area (Å²) < 4.78 is 5.90. The summed E-state index contributed by atoms with van der Waals surface area (Å²) in [5.41, 5.74) is 1.87. The van der Waals surface area contributed by atoms with Crippen molar-refractivity contribution in [2.75, 3.05) is 44.2 Å². The van der Waals surface area contributed by atoms with Crippen LogP contribution in [0.3, 0.4) is 0 Å². The molecule has 0 bridgehead atoms. The van der Waals surface area contributed by atoms with Crippen molar-refractivity contribution in [2.45, 2.75) is 6.42 Å². The van der Waals surface area contributed by atoms with Crippen LogP contribution in [0, 0.1) is 0 Å². The summed E-state index contributed by atoms with van der Waals surface area (Å²) in [5.74, 6) is 0.836. The lowest BCUT2D eigenvalue weighted by Crippen LogP contribution is -2.46. The van der Waals surface area contributed by atoms with Gasteiger partial charge >= 0.3 is 0 Å². The second-order valence-electron chi connectivity index (χ2n) is 7.05. The molecular weight excluding hydrogens is 374 g/mol. The van der Waals surface area contributed by atoms with Gasteiger partial charge in [0, 0.05) is 49.7 Å². The van der Waals surface area contributed by atoms with E-state index in [9.17, 15) is 4.79 Å². The Morgan fingerprint density at radius 1 is 1.00 bits per heavy atom. The van der Waals surface area contributed by atoms with Gasteiger partial charge in [-0.2, -0.15) is 0 Å². The smallest absolute Gasteiger partial charge is 0.248 e. The molecule has 2 aromatic carbocycles. The first-order chi connectivity index (χ1) is 13.7. The minimum Gasteiger partial charge on any atom is -0.494 e. The maximum absolute atomic E-state index is 11.3. The summed E-state index contributed by atoms with van der Waals surface area (Å²) in [5, 5.41) is 1.80. The third kappa shape index (κ3) is 4.49. The van der Waals surface area contributed by atoms with Crippen LogP contribution in [-0.2, 0) is 0 Å². The number of fused-ring (bicyclic) bond motifs is 1. The highest BCUT2D eigenvalue weighted by Gasteiger charge is 2.18. The number of aromatic nitrogens is 1. The van der Waals surface area contributed by atoms with Gasteiger partial charge in [0.15, 0.2) is 0 Å². The van der Waals surface area contributed by atoms with Crippen molar-refractivity contribution in [2.24, 2.45) is 0 Å². The molecule has 0 atom stereocenters. The summed E-state index contributed by atoms with van der Waals surface area (Å²) in [6.45, 7) is 5.76. The molecule has 0 spiro atoms. The molecule has 1 aliphatic heterocycles. The Balaban J connectivity index is 1.22. The van der Waals surface area contributed by atoms with Crippen LogP contribution in [0.15, 0.2) is 59.4 Å². The number of pyridine rings is 1. The lowest BCUT2D eigenvalue weighted by Gasteiger charge is -2.36. The van der Waals surface area contributed by atoms with Gasteiger partial charge in [-0.3, -0.25) is 9.69 Å². The van der Waals surface area contributed by atoms with E-state index in [1.165, 1.54) is 6.07 Å². The van der Waals surface area contributed by atoms with E-state index in [0.29, 0.717) is 6.61 Å². The van der Waals surface area contributed by atoms with Crippen LogP contribution in [0.2, 0.25) is 5.02 Å². The van der Waals surface area contributed by atoms with Gasteiger partial charge in [0.25, 0.3) is 0 Å². The van der Waals surface area contributed by atoms with Gasteiger partial charge in [-0.25, -0.2) is 0 Å². The normalized spacial score (nSPS) is 15.1. The molecule has 0 radical (unpaired) electrons. The first-order valence-corrected chi connectivity index (χ1v) is 10.0. The standard InChI is InChI=1S/C22H24ClN3O2/c23-19-4-1-2-5-21(19)26-13-11-25(12-14-26)10-3-15-28-18-7-8-20-17(16-18)6-9-22(27)24-20/h1-2,4-9,16H,3,10-15H2,(H,24,27). The van der Waals surface area contributed by atoms with Gasteiger partial charge < -0.3 is 14.6 Å². The van der Waals surface area contributed by atoms with Crippen LogP contribution in [0.1, 0.15) is 6.42 Å². The summed E-state index contributed by atoms with van der Waals surface area (Å²) in [6.07, 6.45) is 0.982.